The number of nitrogens with one attached hydrogen (secondary N) is 1. The standard InChI is InChI=1S/C20H25N7O/c1-24-10-14(9-21)13-3-4-17(22)16(7-13)20(23)18-8-19(26-12-25-18)27-6-5-15(11-27)28-2/h3-4,7-10,12,15,23H,5-6,11,21-22H2,1-2H3/t15-/m1/s1. The minimum atomic E-state index is 0.201. The van der Waals surface area contributed by atoms with Gasteiger partial charge in [0.2, 0.25) is 0 Å². The van der Waals surface area contributed by atoms with E-state index in [4.69, 9.17) is 21.6 Å². The van der Waals surface area contributed by atoms with E-state index in [1.807, 2.05) is 18.2 Å². The number of nitrogens with zero attached hydrogens (tertiary/aromatic N) is 4. The van der Waals surface area contributed by atoms with Crippen LogP contribution < -0.4 is 16.4 Å². The molecule has 2 aromatic rings. The summed E-state index contributed by atoms with van der Waals surface area (Å²) in [5, 5.41) is 8.65. The molecule has 1 aliphatic heterocycles. The lowest BCUT2D eigenvalue weighted by Crippen LogP contribution is -2.23. The predicted octanol–water partition coefficient (Wildman–Crippen LogP) is 1.70. The molecule has 28 heavy (non-hydrogen) atoms. The Balaban J connectivity index is 1.91. The fraction of sp³-hybridized carbons (Fsp3) is 0.300. The molecule has 1 aromatic heterocycles. The molecular formula is C20H25N7O. The average molecular weight is 379 g/mol. The molecule has 1 saturated heterocycles. The Morgan fingerprint density at radius 3 is 2.86 bits per heavy atom. The van der Waals surface area contributed by atoms with E-state index in [1.165, 1.54) is 12.5 Å². The van der Waals surface area contributed by atoms with Crippen molar-refractivity contribution in [2.24, 2.45) is 10.7 Å². The van der Waals surface area contributed by atoms with Gasteiger partial charge in [-0.05, 0) is 24.1 Å². The number of methoxy groups -OCH3 is 1. The predicted molar refractivity (Wildman–Crippen MR) is 113 cm³/mol. The van der Waals surface area contributed by atoms with Crippen molar-refractivity contribution in [2.75, 3.05) is 37.9 Å². The van der Waals surface area contributed by atoms with Crippen LogP contribution in [0.3, 0.4) is 0 Å². The van der Waals surface area contributed by atoms with Crippen LogP contribution in [0.4, 0.5) is 11.5 Å². The SMILES string of the molecule is CN=CC(=CN)c1ccc(N)c(C(=N)c2cc(N3CC[C@@H](OC)C3)ncn2)c1. The highest BCUT2D eigenvalue weighted by Crippen LogP contribution is 2.24. The Bertz CT molecular complexity index is 923. The molecule has 8 heteroatoms. The van der Waals surface area contributed by atoms with Crippen LogP contribution >= 0.6 is 0 Å². The maximum absolute atomic E-state index is 8.65. The first-order chi connectivity index (χ1) is 13.6. The van der Waals surface area contributed by atoms with Gasteiger partial charge >= 0.3 is 0 Å². The average Bonchev–Trinajstić information content (AvgIpc) is 3.21. The summed E-state index contributed by atoms with van der Waals surface area (Å²) in [6, 6.07) is 7.27. The number of aromatic nitrogens is 2. The minimum absolute atomic E-state index is 0.201. The number of hydrogen-bond donors (Lipinski definition) is 3. The lowest BCUT2D eigenvalue weighted by atomic mass is 9.98. The van der Waals surface area contributed by atoms with E-state index >= 15 is 0 Å². The summed E-state index contributed by atoms with van der Waals surface area (Å²) in [7, 11) is 3.40. The lowest BCUT2D eigenvalue weighted by Gasteiger charge is -2.18. The highest BCUT2D eigenvalue weighted by Gasteiger charge is 2.24. The minimum Gasteiger partial charge on any atom is -0.404 e. The second-order valence-corrected chi connectivity index (χ2v) is 6.54. The number of aliphatic imine (C=N–C) groups is 1. The van der Waals surface area contributed by atoms with Crippen LogP contribution in [0.15, 0.2) is 41.8 Å². The van der Waals surface area contributed by atoms with E-state index in [-0.39, 0.29) is 11.8 Å². The third-order valence-electron chi connectivity index (χ3n) is 4.81. The monoisotopic (exact) mass is 379 g/mol. The molecule has 1 aromatic carbocycles. The molecule has 1 fully saturated rings. The van der Waals surface area contributed by atoms with Gasteiger partial charge in [-0.3, -0.25) is 10.4 Å². The van der Waals surface area contributed by atoms with Crippen molar-refractivity contribution in [3.63, 3.8) is 0 Å². The molecule has 3 rings (SSSR count). The fourth-order valence-corrected chi connectivity index (χ4v) is 3.23. The first kappa shape index (κ1) is 19.5. The molecule has 0 radical (unpaired) electrons. The van der Waals surface area contributed by atoms with Crippen LogP contribution in [0.5, 0.6) is 0 Å². The quantitative estimate of drug-likeness (QED) is 0.518. The molecule has 0 amide bonds. The normalized spacial score (nSPS) is 17.4. The number of allylic oxidation sites excluding steroid dienone is 1. The summed E-state index contributed by atoms with van der Waals surface area (Å²) >= 11 is 0. The Morgan fingerprint density at radius 2 is 2.18 bits per heavy atom. The number of hydrogen-bond acceptors (Lipinski definition) is 8. The van der Waals surface area contributed by atoms with E-state index in [2.05, 4.69) is 19.9 Å². The van der Waals surface area contributed by atoms with Crippen LogP contribution in [0.1, 0.15) is 23.2 Å². The Labute approximate surface area is 164 Å². The van der Waals surface area contributed by atoms with Gasteiger partial charge in [-0.25, -0.2) is 9.97 Å². The van der Waals surface area contributed by atoms with Crippen LogP contribution in [0.25, 0.3) is 5.57 Å². The van der Waals surface area contributed by atoms with Gasteiger partial charge in [-0.1, -0.05) is 6.07 Å². The first-order valence-electron chi connectivity index (χ1n) is 9.00. The molecule has 0 bridgehead atoms. The highest BCUT2D eigenvalue weighted by molar-refractivity contribution is 6.15. The Kier molecular flexibility index (Phi) is 6.00. The van der Waals surface area contributed by atoms with E-state index < -0.39 is 0 Å². The zero-order valence-corrected chi connectivity index (χ0v) is 16.1. The second kappa shape index (κ2) is 8.62. The number of rotatable bonds is 6. The topological polar surface area (TPSA) is 126 Å². The van der Waals surface area contributed by atoms with Gasteiger partial charge in [0.15, 0.2) is 0 Å². The molecule has 8 nitrogen and oxygen atoms in total. The van der Waals surface area contributed by atoms with E-state index in [0.29, 0.717) is 16.9 Å². The van der Waals surface area contributed by atoms with Crippen molar-refractivity contribution in [2.45, 2.75) is 12.5 Å². The molecule has 0 saturated carbocycles. The van der Waals surface area contributed by atoms with Crippen molar-refractivity contribution in [3.05, 3.63) is 53.6 Å². The van der Waals surface area contributed by atoms with Gasteiger partial charge in [0.05, 0.1) is 17.5 Å². The number of nitrogens with two attached hydrogens (primary N) is 2. The molecule has 0 unspecified atom stereocenters. The van der Waals surface area contributed by atoms with Gasteiger partial charge in [-0.2, -0.15) is 0 Å². The third-order valence-corrected chi connectivity index (χ3v) is 4.81. The molecule has 5 N–H and O–H groups in total. The van der Waals surface area contributed by atoms with E-state index in [0.717, 1.165) is 36.5 Å². The third kappa shape index (κ3) is 4.01. The first-order valence-corrected chi connectivity index (χ1v) is 9.00. The van der Waals surface area contributed by atoms with Gasteiger partial charge in [0.25, 0.3) is 0 Å². The Hall–Kier alpha value is -3.26. The van der Waals surface area contributed by atoms with E-state index in [9.17, 15) is 0 Å². The smallest absolute Gasteiger partial charge is 0.132 e. The summed E-state index contributed by atoms with van der Waals surface area (Å²) in [6.07, 6.45) is 5.78. The maximum atomic E-state index is 8.65. The van der Waals surface area contributed by atoms with Gasteiger partial charge in [0.1, 0.15) is 12.1 Å². The number of anilines is 2. The zero-order chi connectivity index (χ0) is 20.1. The summed E-state index contributed by atoms with van der Waals surface area (Å²) < 4.78 is 5.42. The summed E-state index contributed by atoms with van der Waals surface area (Å²) in [6.45, 7) is 1.64. The van der Waals surface area contributed by atoms with Crippen LogP contribution in [-0.2, 0) is 4.74 Å². The number of ether oxygens (including phenoxy) is 1. The van der Waals surface area contributed by atoms with Gasteiger partial charge < -0.3 is 21.1 Å². The fourth-order valence-electron chi connectivity index (χ4n) is 3.23. The molecule has 1 aliphatic rings. The molecule has 0 spiro atoms. The molecular weight excluding hydrogens is 354 g/mol. The van der Waals surface area contributed by atoms with Crippen molar-refractivity contribution < 1.29 is 4.74 Å². The summed E-state index contributed by atoms with van der Waals surface area (Å²) in [5.74, 6) is 0.782. The van der Waals surface area contributed by atoms with Crippen molar-refractivity contribution >= 4 is 29.0 Å². The zero-order valence-electron chi connectivity index (χ0n) is 16.1. The van der Waals surface area contributed by atoms with E-state index in [1.54, 1.807) is 26.4 Å². The van der Waals surface area contributed by atoms with Crippen molar-refractivity contribution in [1.29, 1.82) is 5.41 Å². The highest BCUT2D eigenvalue weighted by atomic mass is 16.5. The summed E-state index contributed by atoms with van der Waals surface area (Å²) in [5.41, 5.74) is 15.3. The van der Waals surface area contributed by atoms with Crippen LogP contribution in [-0.4, -0.2) is 55.2 Å². The van der Waals surface area contributed by atoms with Gasteiger partial charge in [-0.15, -0.1) is 0 Å². The maximum Gasteiger partial charge on any atom is 0.132 e. The number of benzene rings is 1. The second-order valence-electron chi connectivity index (χ2n) is 6.54. The van der Waals surface area contributed by atoms with Crippen LogP contribution in [0.2, 0.25) is 0 Å². The number of nitrogen functional groups attached to an aromatic ring is 1. The van der Waals surface area contributed by atoms with Crippen LogP contribution in [0, 0.1) is 5.41 Å². The summed E-state index contributed by atoms with van der Waals surface area (Å²) in [4.78, 5) is 14.8. The molecule has 2 heterocycles. The molecule has 146 valence electrons. The molecule has 0 aliphatic carbocycles. The molecule has 1 atom stereocenters. The largest absolute Gasteiger partial charge is 0.404 e. The lowest BCUT2D eigenvalue weighted by molar-refractivity contribution is 0.121. The van der Waals surface area contributed by atoms with Gasteiger partial charge in [0, 0.05) is 62.6 Å². The Morgan fingerprint density at radius 1 is 1.36 bits per heavy atom. The van der Waals surface area contributed by atoms with Crippen molar-refractivity contribution in [3.8, 4) is 0 Å². The van der Waals surface area contributed by atoms with Crippen molar-refractivity contribution in [1.82, 2.24) is 9.97 Å².